The van der Waals surface area contributed by atoms with Crippen LogP contribution in [0.3, 0.4) is 0 Å². The van der Waals surface area contributed by atoms with Crippen LogP contribution < -0.4 is 5.73 Å². The maximum atomic E-state index is 6.35. The van der Waals surface area contributed by atoms with E-state index in [1.807, 2.05) is 0 Å². The molecule has 17 heavy (non-hydrogen) atoms. The van der Waals surface area contributed by atoms with E-state index < -0.39 is 0 Å². The zero-order valence-corrected chi connectivity index (χ0v) is 11.1. The molecule has 0 bridgehead atoms. The third-order valence-corrected chi connectivity index (χ3v) is 4.23. The van der Waals surface area contributed by atoms with E-state index in [9.17, 15) is 0 Å². The molecule has 1 aromatic rings. The number of rotatable bonds is 4. The SMILES string of the molecule is COC1(C(N)Cc2cc(C)ccc2C)CCC1. The minimum absolute atomic E-state index is 0.0593. The van der Waals surface area contributed by atoms with Gasteiger partial charge in [-0.3, -0.25) is 0 Å². The molecule has 1 aliphatic rings. The van der Waals surface area contributed by atoms with Crippen molar-refractivity contribution in [3.63, 3.8) is 0 Å². The molecule has 1 aromatic carbocycles. The lowest BCUT2D eigenvalue weighted by molar-refractivity contribution is -0.0897. The summed E-state index contributed by atoms with van der Waals surface area (Å²) in [6.07, 6.45) is 4.38. The van der Waals surface area contributed by atoms with Gasteiger partial charge in [-0.1, -0.05) is 23.8 Å². The van der Waals surface area contributed by atoms with Gasteiger partial charge in [-0.2, -0.15) is 0 Å². The minimum atomic E-state index is -0.0593. The smallest absolute Gasteiger partial charge is 0.0832 e. The average Bonchev–Trinajstić information content (AvgIpc) is 2.23. The molecule has 1 unspecified atom stereocenters. The maximum Gasteiger partial charge on any atom is 0.0832 e. The molecule has 2 nitrogen and oxygen atoms in total. The summed E-state index contributed by atoms with van der Waals surface area (Å²) < 4.78 is 5.65. The number of ether oxygens (including phenoxy) is 1. The van der Waals surface area contributed by atoms with Gasteiger partial charge < -0.3 is 10.5 Å². The largest absolute Gasteiger partial charge is 0.377 e. The third kappa shape index (κ3) is 2.38. The van der Waals surface area contributed by atoms with Crippen LogP contribution in [0.2, 0.25) is 0 Å². The Morgan fingerprint density at radius 3 is 2.59 bits per heavy atom. The van der Waals surface area contributed by atoms with Crippen LogP contribution in [0.25, 0.3) is 0 Å². The number of methoxy groups -OCH3 is 1. The number of benzene rings is 1. The van der Waals surface area contributed by atoms with E-state index in [0.717, 1.165) is 19.3 Å². The Bertz CT molecular complexity index is 390. The van der Waals surface area contributed by atoms with Crippen LogP contribution in [0.5, 0.6) is 0 Å². The van der Waals surface area contributed by atoms with Crippen molar-refractivity contribution in [3.8, 4) is 0 Å². The topological polar surface area (TPSA) is 35.2 Å². The highest BCUT2D eigenvalue weighted by Gasteiger charge is 2.42. The molecule has 0 saturated heterocycles. The fourth-order valence-corrected chi connectivity index (χ4v) is 2.69. The molecule has 2 rings (SSSR count). The first-order valence-corrected chi connectivity index (χ1v) is 6.44. The molecule has 0 heterocycles. The summed E-state index contributed by atoms with van der Waals surface area (Å²) >= 11 is 0. The summed E-state index contributed by atoms with van der Waals surface area (Å²) in [7, 11) is 1.79. The van der Waals surface area contributed by atoms with Crippen molar-refractivity contribution in [2.24, 2.45) is 5.73 Å². The van der Waals surface area contributed by atoms with Gasteiger partial charge in [0.25, 0.3) is 0 Å². The van der Waals surface area contributed by atoms with Crippen LogP contribution >= 0.6 is 0 Å². The average molecular weight is 233 g/mol. The Balaban J connectivity index is 2.12. The van der Waals surface area contributed by atoms with Crippen molar-refractivity contribution in [2.75, 3.05) is 7.11 Å². The van der Waals surface area contributed by atoms with Crippen molar-refractivity contribution < 1.29 is 4.74 Å². The van der Waals surface area contributed by atoms with Gasteiger partial charge in [0.05, 0.1) is 5.60 Å². The molecule has 0 amide bonds. The molecular weight excluding hydrogens is 210 g/mol. The fraction of sp³-hybridized carbons (Fsp3) is 0.600. The number of hydrogen-bond acceptors (Lipinski definition) is 2. The van der Waals surface area contributed by atoms with Gasteiger partial charge >= 0.3 is 0 Å². The highest BCUT2D eigenvalue weighted by Crippen LogP contribution is 2.38. The second-order valence-corrected chi connectivity index (χ2v) is 5.36. The quantitative estimate of drug-likeness (QED) is 0.868. The van der Waals surface area contributed by atoms with Crippen LogP contribution in [0, 0.1) is 13.8 Å². The molecule has 1 atom stereocenters. The number of aryl methyl sites for hydroxylation is 2. The summed E-state index contributed by atoms with van der Waals surface area (Å²) in [4.78, 5) is 0. The molecule has 0 aromatic heterocycles. The molecule has 2 heteroatoms. The predicted molar refractivity (Wildman–Crippen MR) is 71.2 cm³/mol. The van der Waals surface area contributed by atoms with Crippen LogP contribution in [0.1, 0.15) is 36.0 Å². The Morgan fingerprint density at radius 2 is 2.06 bits per heavy atom. The van der Waals surface area contributed by atoms with E-state index in [-0.39, 0.29) is 11.6 Å². The van der Waals surface area contributed by atoms with E-state index in [1.165, 1.54) is 23.1 Å². The molecule has 0 aliphatic heterocycles. The van der Waals surface area contributed by atoms with Crippen molar-refractivity contribution in [1.82, 2.24) is 0 Å². The van der Waals surface area contributed by atoms with E-state index in [4.69, 9.17) is 10.5 Å². The molecule has 1 aliphatic carbocycles. The van der Waals surface area contributed by atoms with Gasteiger partial charge in [-0.25, -0.2) is 0 Å². The van der Waals surface area contributed by atoms with Gasteiger partial charge in [-0.05, 0) is 50.7 Å². The Morgan fingerprint density at radius 1 is 1.35 bits per heavy atom. The summed E-state index contributed by atoms with van der Waals surface area (Å²) in [5, 5.41) is 0. The zero-order valence-electron chi connectivity index (χ0n) is 11.1. The lowest BCUT2D eigenvalue weighted by atomic mass is 9.73. The number of hydrogen-bond donors (Lipinski definition) is 1. The second-order valence-electron chi connectivity index (χ2n) is 5.36. The summed E-state index contributed by atoms with van der Waals surface area (Å²) in [6, 6.07) is 6.69. The van der Waals surface area contributed by atoms with E-state index in [2.05, 4.69) is 32.0 Å². The first-order chi connectivity index (χ1) is 8.07. The van der Waals surface area contributed by atoms with Gasteiger partial charge in [0, 0.05) is 13.2 Å². The summed E-state index contributed by atoms with van der Waals surface area (Å²) in [5.41, 5.74) is 10.3. The van der Waals surface area contributed by atoms with Crippen LogP contribution in [0.4, 0.5) is 0 Å². The standard InChI is InChI=1S/C15H23NO/c1-11-5-6-12(2)13(9-11)10-14(16)15(17-3)7-4-8-15/h5-6,9,14H,4,7-8,10,16H2,1-3H3. The lowest BCUT2D eigenvalue weighted by Crippen LogP contribution is -2.55. The first-order valence-electron chi connectivity index (χ1n) is 6.44. The van der Waals surface area contributed by atoms with E-state index >= 15 is 0 Å². The van der Waals surface area contributed by atoms with Gasteiger partial charge in [0.2, 0.25) is 0 Å². The van der Waals surface area contributed by atoms with Crippen molar-refractivity contribution in [1.29, 1.82) is 0 Å². The lowest BCUT2D eigenvalue weighted by Gasteiger charge is -2.45. The van der Waals surface area contributed by atoms with Gasteiger partial charge in [0.15, 0.2) is 0 Å². The highest BCUT2D eigenvalue weighted by molar-refractivity contribution is 5.31. The molecule has 0 spiro atoms. The molecule has 2 N–H and O–H groups in total. The Kier molecular flexibility index (Phi) is 3.55. The molecule has 1 saturated carbocycles. The van der Waals surface area contributed by atoms with Crippen LogP contribution in [0.15, 0.2) is 18.2 Å². The third-order valence-electron chi connectivity index (χ3n) is 4.23. The first kappa shape index (κ1) is 12.6. The summed E-state index contributed by atoms with van der Waals surface area (Å²) in [6.45, 7) is 4.28. The van der Waals surface area contributed by atoms with Gasteiger partial charge in [0.1, 0.15) is 0 Å². The predicted octanol–water partition coefficient (Wildman–Crippen LogP) is 2.74. The van der Waals surface area contributed by atoms with E-state index in [1.54, 1.807) is 7.11 Å². The van der Waals surface area contributed by atoms with Crippen molar-refractivity contribution in [3.05, 3.63) is 34.9 Å². The molecular formula is C15H23NO. The zero-order chi connectivity index (χ0) is 12.5. The van der Waals surface area contributed by atoms with E-state index in [0.29, 0.717) is 0 Å². The normalized spacial score (nSPS) is 19.8. The highest BCUT2D eigenvalue weighted by atomic mass is 16.5. The molecule has 0 radical (unpaired) electrons. The monoisotopic (exact) mass is 233 g/mol. The minimum Gasteiger partial charge on any atom is -0.377 e. The Hall–Kier alpha value is -0.860. The summed E-state index contributed by atoms with van der Waals surface area (Å²) in [5.74, 6) is 0. The van der Waals surface area contributed by atoms with Crippen LogP contribution in [-0.2, 0) is 11.2 Å². The van der Waals surface area contributed by atoms with Crippen molar-refractivity contribution in [2.45, 2.75) is 51.2 Å². The molecule has 1 fully saturated rings. The second kappa shape index (κ2) is 4.79. The maximum absolute atomic E-state index is 6.35. The van der Waals surface area contributed by atoms with Crippen LogP contribution in [-0.4, -0.2) is 18.8 Å². The Labute approximate surface area is 104 Å². The van der Waals surface area contributed by atoms with Crippen molar-refractivity contribution >= 4 is 0 Å². The fourth-order valence-electron chi connectivity index (χ4n) is 2.69. The molecule has 94 valence electrons. The number of nitrogens with two attached hydrogens (primary N) is 1. The van der Waals surface area contributed by atoms with Gasteiger partial charge in [-0.15, -0.1) is 0 Å².